The summed E-state index contributed by atoms with van der Waals surface area (Å²) in [5.74, 6) is 0. The molecule has 3 rings (SSSR count). The van der Waals surface area contributed by atoms with E-state index < -0.39 is 0 Å². The molecule has 0 saturated carbocycles. The normalized spacial score (nSPS) is 20.7. The van der Waals surface area contributed by atoms with Gasteiger partial charge in [-0.05, 0) is 45.1 Å². The molecule has 1 aliphatic rings. The van der Waals surface area contributed by atoms with Crippen molar-refractivity contribution in [1.82, 2.24) is 24.2 Å². The Balaban J connectivity index is 2.05. The summed E-state index contributed by atoms with van der Waals surface area (Å²) in [5, 5.41) is 4.57. The van der Waals surface area contributed by atoms with Crippen molar-refractivity contribution in [2.45, 2.75) is 38.8 Å². The summed E-state index contributed by atoms with van der Waals surface area (Å²) in [6, 6.07) is 0.589. The van der Waals surface area contributed by atoms with Gasteiger partial charge in [0.05, 0.1) is 5.69 Å². The predicted molar refractivity (Wildman–Crippen MR) is 78.9 cm³/mol. The van der Waals surface area contributed by atoms with E-state index in [1.165, 1.54) is 19.4 Å². The van der Waals surface area contributed by atoms with Crippen LogP contribution in [0.15, 0.2) is 0 Å². The van der Waals surface area contributed by atoms with Crippen LogP contribution in [0, 0.1) is 4.77 Å². The fourth-order valence-corrected chi connectivity index (χ4v) is 3.38. The van der Waals surface area contributed by atoms with Gasteiger partial charge < -0.3 is 14.5 Å². The molecule has 1 saturated heterocycles. The number of hydrogen-bond acceptors (Lipinski definition) is 3. The number of rotatable bonds is 3. The molecule has 19 heavy (non-hydrogen) atoms. The lowest BCUT2D eigenvalue weighted by Crippen LogP contribution is -2.29. The van der Waals surface area contributed by atoms with Crippen LogP contribution in [0.1, 0.15) is 25.5 Å². The van der Waals surface area contributed by atoms with Crippen molar-refractivity contribution in [3.63, 3.8) is 0 Å². The maximum Gasteiger partial charge on any atom is 0.179 e. The van der Waals surface area contributed by atoms with E-state index in [-0.39, 0.29) is 0 Å². The number of nitrogens with zero attached hydrogens (tertiary/aromatic N) is 4. The van der Waals surface area contributed by atoms with E-state index in [1.54, 1.807) is 0 Å². The van der Waals surface area contributed by atoms with Crippen molar-refractivity contribution in [2.75, 3.05) is 13.6 Å². The molecule has 0 amide bonds. The Morgan fingerprint density at radius 3 is 2.84 bits per heavy atom. The van der Waals surface area contributed by atoms with Gasteiger partial charge >= 0.3 is 0 Å². The summed E-state index contributed by atoms with van der Waals surface area (Å²) in [6.45, 7) is 4.27. The zero-order valence-electron chi connectivity index (χ0n) is 11.8. The number of aromatic amines is 1. The lowest BCUT2D eigenvalue weighted by molar-refractivity contribution is 0.282. The highest BCUT2D eigenvalue weighted by atomic mass is 32.1. The Kier molecular flexibility index (Phi) is 3.22. The minimum atomic E-state index is 0.589. The second kappa shape index (κ2) is 4.76. The number of H-pyrrole nitrogens is 1. The minimum absolute atomic E-state index is 0.589. The molecular weight excluding hydrogens is 258 g/mol. The van der Waals surface area contributed by atoms with E-state index in [0.717, 1.165) is 34.6 Å². The van der Waals surface area contributed by atoms with E-state index in [9.17, 15) is 0 Å². The van der Waals surface area contributed by atoms with Gasteiger partial charge in [0.2, 0.25) is 0 Å². The monoisotopic (exact) mass is 279 g/mol. The average Bonchev–Trinajstić information content (AvgIpc) is 3.00. The van der Waals surface area contributed by atoms with Crippen molar-refractivity contribution in [1.29, 1.82) is 0 Å². The molecule has 5 nitrogen and oxygen atoms in total. The third kappa shape index (κ3) is 2.03. The molecule has 104 valence electrons. The van der Waals surface area contributed by atoms with Crippen LogP contribution in [0.3, 0.4) is 0 Å². The molecule has 0 aromatic carbocycles. The lowest BCUT2D eigenvalue weighted by Gasteiger charge is -2.20. The molecule has 1 aliphatic heterocycles. The van der Waals surface area contributed by atoms with Crippen LogP contribution in [-0.2, 0) is 20.0 Å². The molecule has 0 bridgehead atoms. The zero-order valence-corrected chi connectivity index (χ0v) is 12.6. The molecule has 6 heteroatoms. The maximum atomic E-state index is 5.49. The van der Waals surface area contributed by atoms with Gasteiger partial charge in [-0.2, -0.15) is 5.10 Å². The topological polar surface area (TPSA) is 41.8 Å². The number of aromatic nitrogens is 4. The molecule has 1 unspecified atom stereocenters. The van der Waals surface area contributed by atoms with E-state index in [4.69, 9.17) is 12.2 Å². The third-order valence-corrected chi connectivity index (χ3v) is 4.54. The van der Waals surface area contributed by atoms with Gasteiger partial charge in [-0.1, -0.05) is 6.92 Å². The smallest absolute Gasteiger partial charge is 0.179 e. The van der Waals surface area contributed by atoms with Crippen molar-refractivity contribution in [3.8, 4) is 0 Å². The van der Waals surface area contributed by atoms with Gasteiger partial charge in [0.1, 0.15) is 5.52 Å². The zero-order chi connectivity index (χ0) is 13.6. The molecule has 3 heterocycles. The molecule has 0 radical (unpaired) electrons. The number of likely N-dealkylation sites (N-methyl/N-ethyl adjacent to an activating group) is 1. The highest BCUT2D eigenvalue weighted by molar-refractivity contribution is 7.71. The second-order valence-electron chi connectivity index (χ2n) is 5.44. The van der Waals surface area contributed by atoms with Crippen LogP contribution in [-0.4, -0.2) is 43.9 Å². The first-order valence-corrected chi connectivity index (χ1v) is 7.37. The molecule has 1 N–H and O–H groups in total. The number of nitrogens with one attached hydrogen (secondary N) is 1. The van der Waals surface area contributed by atoms with Crippen LogP contribution < -0.4 is 0 Å². The number of aryl methyl sites for hydroxylation is 2. The maximum absolute atomic E-state index is 5.49. The van der Waals surface area contributed by atoms with Gasteiger partial charge in [0.25, 0.3) is 0 Å². The summed E-state index contributed by atoms with van der Waals surface area (Å²) in [7, 11) is 4.20. The SMILES string of the molecule is CCc1nn(C)c2c1[nH]c(=S)n2CC1CCCN1C. The van der Waals surface area contributed by atoms with Gasteiger partial charge in [0, 0.05) is 19.6 Å². The van der Waals surface area contributed by atoms with Crippen LogP contribution in [0.2, 0.25) is 0 Å². The number of hydrogen-bond donors (Lipinski definition) is 1. The van der Waals surface area contributed by atoms with Gasteiger partial charge in [-0.25, -0.2) is 0 Å². The molecule has 2 aromatic heterocycles. The van der Waals surface area contributed by atoms with Crippen molar-refractivity contribution >= 4 is 23.4 Å². The Bertz CT molecular complexity index is 650. The van der Waals surface area contributed by atoms with E-state index in [0.29, 0.717) is 6.04 Å². The van der Waals surface area contributed by atoms with Crippen LogP contribution in [0.4, 0.5) is 0 Å². The minimum Gasteiger partial charge on any atom is -0.328 e. The van der Waals surface area contributed by atoms with E-state index >= 15 is 0 Å². The summed E-state index contributed by atoms with van der Waals surface area (Å²) in [6.07, 6.45) is 3.47. The number of likely N-dealkylation sites (tertiary alicyclic amines) is 1. The van der Waals surface area contributed by atoms with Gasteiger partial charge in [-0.15, -0.1) is 0 Å². The summed E-state index contributed by atoms with van der Waals surface area (Å²) in [5.41, 5.74) is 3.33. The van der Waals surface area contributed by atoms with Crippen molar-refractivity contribution in [2.24, 2.45) is 7.05 Å². The van der Waals surface area contributed by atoms with Gasteiger partial charge in [-0.3, -0.25) is 4.68 Å². The van der Waals surface area contributed by atoms with Crippen molar-refractivity contribution < 1.29 is 0 Å². The molecule has 2 aromatic rings. The molecule has 0 aliphatic carbocycles. The first-order chi connectivity index (χ1) is 9.11. The third-order valence-electron chi connectivity index (χ3n) is 4.22. The predicted octanol–water partition coefficient (Wildman–Crippen LogP) is 2.09. The second-order valence-corrected chi connectivity index (χ2v) is 5.83. The lowest BCUT2D eigenvalue weighted by atomic mass is 10.2. The van der Waals surface area contributed by atoms with Crippen molar-refractivity contribution in [3.05, 3.63) is 10.5 Å². The van der Waals surface area contributed by atoms with Gasteiger partial charge in [0.15, 0.2) is 10.4 Å². The highest BCUT2D eigenvalue weighted by Crippen LogP contribution is 2.22. The van der Waals surface area contributed by atoms with Crippen LogP contribution in [0.25, 0.3) is 11.2 Å². The van der Waals surface area contributed by atoms with E-state index in [2.05, 4.69) is 33.5 Å². The largest absolute Gasteiger partial charge is 0.328 e. The fraction of sp³-hybridized carbons (Fsp3) is 0.692. The quantitative estimate of drug-likeness (QED) is 0.875. The Labute approximate surface area is 118 Å². The molecular formula is C13H21N5S. The first kappa shape index (κ1) is 12.9. The number of fused-ring (bicyclic) bond motifs is 1. The standard InChI is InChI=1S/C13H21N5S/c1-4-10-11-12(17(3)15-10)18(13(19)14-11)8-9-6-5-7-16(9)2/h9H,4-8H2,1-3H3,(H,14,19). The Hall–Kier alpha value is -1.14. The summed E-state index contributed by atoms with van der Waals surface area (Å²) < 4.78 is 4.98. The van der Waals surface area contributed by atoms with Crippen LogP contribution >= 0.6 is 12.2 Å². The van der Waals surface area contributed by atoms with E-state index in [1.807, 2.05) is 11.7 Å². The molecule has 1 atom stereocenters. The first-order valence-electron chi connectivity index (χ1n) is 6.96. The summed E-state index contributed by atoms with van der Waals surface area (Å²) in [4.78, 5) is 5.76. The Morgan fingerprint density at radius 1 is 1.42 bits per heavy atom. The molecule has 1 fully saturated rings. The Morgan fingerprint density at radius 2 is 2.21 bits per heavy atom. The van der Waals surface area contributed by atoms with Crippen LogP contribution in [0.5, 0.6) is 0 Å². The molecule has 0 spiro atoms. The summed E-state index contributed by atoms with van der Waals surface area (Å²) >= 11 is 5.49. The average molecular weight is 279 g/mol. The number of imidazole rings is 1. The highest BCUT2D eigenvalue weighted by Gasteiger charge is 2.23. The fourth-order valence-electron chi connectivity index (χ4n) is 3.12.